The molecule has 19 heavy (non-hydrogen) atoms. The SMILES string of the molecule is CCNCCc1ncc(-c2ccc3c(c2)CCO3)o1. The van der Waals surface area contributed by atoms with Crippen molar-refractivity contribution >= 4 is 0 Å². The highest BCUT2D eigenvalue weighted by atomic mass is 16.5. The molecule has 1 aliphatic rings. The van der Waals surface area contributed by atoms with E-state index < -0.39 is 0 Å². The van der Waals surface area contributed by atoms with Crippen LogP contribution in [0.5, 0.6) is 5.75 Å². The fraction of sp³-hybridized carbons (Fsp3) is 0.400. The molecule has 4 heteroatoms. The van der Waals surface area contributed by atoms with Crippen molar-refractivity contribution in [1.82, 2.24) is 10.3 Å². The monoisotopic (exact) mass is 258 g/mol. The molecule has 0 bridgehead atoms. The lowest BCUT2D eigenvalue weighted by atomic mass is 10.1. The highest BCUT2D eigenvalue weighted by Gasteiger charge is 2.14. The van der Waals surface area contributed by atoms with Crippen LogP contribution in [-0.4, -0.2) is 24.7 Å². The fourth-order valence-corrected chi connectivity index (χ4v) is 2.27. The van der Waals surface area contributed by atoms with E-state index >= 15 is 0 Å². The lowest BCUT2D eigenvalue weighted by Gasteiger charge is -2.01. The summed E-state index contributed by atoms with van der Waals surface area (Å²) in [5.41, 5.74) is 2.33. The van der Waals surface area contributed by atoms with Crippen LogP contribution in [0.2, 0.25) is 0 Å². The number of fused-ring (bicyclic) bond motifs is 1. The van der Waals surface area contributed by atoms with E-state index in [0.717, 1.165) is 55.5 Å². The summed E-state index contributed by atoms with van der Waals surface area (Å²) in [6, 6.07) is 6.17. The minimum absolute atomic E-state index is 0.781. The van der Waals surface area contributed by atoms with Gasteiger partial charge in [0.25, 0.3) is 0 Å². The Kier molecular flexibility index (Phi) is 3.51. The minimum Gasteiger partial charge on any atom is -0.493 e. The van der Waals surface area contributed by atoms with Crippen LogP contribution in [0.15, 0.2) is 28.8 Å². The maximum Gasteiger partial charge on any atom is 0.196 e. The van der Waals surface area contributed by atoms with E-state index in [1.807, 2.05) is 12.1 Å². The van der Waals surface area contributed by atoms with Gasteiger partial charge < -0.3 is 14.5 Å². The third-order valence-corrected chi connectivity index (χ3v) is 3.29. The molecule has 2 heterocycles. The second kappa shape index (κ2) is 5.45. The number of nitrogens with zero attached hydrogens (tertiary/aromatic N) is 1. The Hall–Kier alpha value is -1.81. The summed E-state index contributed by atoms with van der Waals surface area (Å²) in [6.45, 7) is 4.74. The number of hydrogen-bond donors (Lipinski definition) is 1. The molecule has 3 rings (SSSR count). The van der Waals surface area contributed by atoms with Crippen LogP contribution >= 0.6 is 0 Å². The first kappa shape index (κ1) is 12.2. The summed E-state index contributed by atoms with van der Waals surface area (Å²) in [4.78, 5) is 4.32. The van der Waals surface area contributed by atoms with Crippen molar-refractivity contribution in [3.8, 4) is 17.1 Å². The molecule has 1 aliphatic heterocycles. The highest BCUT2D eigenvalue weighted by Crippen LogP contribution is 2.30. The number of benzene rings is 1. The number of likely N-dealkylation sites (N-methyl/N-ethyl adjacent to an activating group) is 1. The first-order valence-corrected chi connectivity index (χ1v) is 6.78. The van der Waals surface area contributed by atoms with E-state index in [-0.39, 0.29) is 0 Å². The van der Waals surface area contributed by atoms with E-state index in [1.165, 1.54) is 5.56 Å². The van der Waals surface area contributed by atoms with Crippen LogP contribution in [0.25, 0.3) is 11.3 Å². The van der Waals surface area contributed by atoms with Gasteiger partial charge in [0.15, 0.2) is 11.7 Å². The maximum atomic E-state index is 5.78. The van der Waals surface area contributed by atoms with Crippen LogP contribution in [0, 0.1) is 0 Å². The largest absolute Gasteiger partial charge is 0.493 e. The van der Waals surface area contributed by atoms with Gasteiger partial charge in [0, 0.05) is 24.9 Å². The average Bonchev–Trinajstić information content (AvgIpc) is 3.06. The van der Waals surface area contributed by atoms with Crippen LogP contribution in [-0.2, 0) is 12.8 Å². The standard InChI is InChI=1S/C15H18N2O2/c1-2-16-7-5-15-17-10-14(19-15)11-3-4-13-12(9-11)6-8-18-13/h3-4,9-10,16H,2,5-8H2,1H3. The summed E-state index contributed by atoms with van der Waals surface area (Å²) in [6.07, 6.45) is 3.60. The molecule has 1 aromatic carbocycles. The second-order valence-corrected chi connectivity index (χ2v) is 4.64. The van der Waals surface area contributed by atoms with Crippen molar-refractivity contribution in [1.29, 1.82) is 0 Å². The van der Waals surface area contributed by atoms with Gasteiger partial charge in [-0.15, -0.1) is 0 Å². The Morgan fingerprint density at radius 2 is 2.32 bits per heavy atom. The summed E-state index contributed by atoms with van der Waals surface area (Å²) < 4.78 is 11.3. The number of hydrogen-bond acceptors (Lipinski definition) is 4. The van der Waals surface area contributed by atoms with E-state index in [0.29, 0.717) is 0 Å². The molecule has 1 aromatic heterocycles. The van der Waals surface area contributed by atoms with Gasteiger partial charge in [-0.25, -0.2) is 4.98 Å². The van der Waals surface area contributed by atoms with Crippen molar-refractivity contribution in [3.63, 3.8) is 0 Å². The lowest BCUT2D eigenvalue weighted by Crippen LogP contribution is -2.16. The van der Waals surface area contributed by atoms with Gasteiger partial charge in [-0.3, -0.25) is 0 Å². The van der Waals surface area contributed by atoms with Crippen molar-refractivity contribution in [2.24, 2.45) is 0 Å². The van der Waals surface area contributed by atoms with E-state index in [2.05, 4.69) is 23.3 Å². The third kappa shape index (κ3) is 2.63. The Morgan fingerprint density at radius 1 is 1.37 bits per heavy atom. The van der Waals surface area contributed by atoms with Gasteiger partial charge in [-0.2, -0.15) is 0 Å². The maximum absolute atomic E-state index is 5.78. The summed E-state index contributed by atoms with van der Waals surface area (Å²) in [5.74, 6) is 2.62. The Labute approximate surface area is 112 Å². The van der Waals surface area contributed by atoms with Crippen LogP contribution in [0.1, 0.15) is 18.4 Å². The van der Waals surface area contributed by atoms with E-state index in [9.17, 15) is 0 Å². The molecule has 0 spiro atoms. The third-order valence-electron chi connectivity index (χ3n) is 3.29. The molecule has 0 saturated carbocycles. The number of aromatic nitrogens is 1. The zero-order chi connectivity index (χ0) is 13.1. The number of oxazole rings is 1. The molecule has 0 atom stereocenters. The molecule has 0 amide bonds. The highest BCUT2D eigenvalue weighted by molar-refractivity contribution is 5.60. The van der Waals surface area contributed by atoms with Crippen molar-refractivity contribution in [2.75, 3.05) is 19.7 Å². The number of nitrogens with one attached hydrogen (secondary N) is 1. The Bertz CT molecular complexity index is 563. The fourth-order valence-electron chi connectivity index (χ4n) is 2.27. The van der Waals surface area contributed by atoms with Gasteiger partial charge >= 0.3 is 0 Å². The molecular weight excluding hydrogens is 240 g/mol. The molecule has 0 aliphatic carbocycles. The smallest absolute Gasteiger partial charge is 0.196 e. The van der Waals surface area contributed by atoms with Gasteiger partial charge in [0.1, 0.15) is 5.75 Å². The molecular formula is C15H18N2O2. The quantitative estimate of drug-likeness (QED) is 0.837. The summed E-state index contributed by atoms with van der Waals surface area (Å²) in [7, 11) is 0. The Balaban J connectivity index is 1.75. The summed E-state index contributed by atoms with van der Waals surface area (Å²) >= 11 is 0. The molecule has 2 aromatic rings. The normalized spacial score (nSPS) is 13.3. The number of rotatable bonds is 5. The first-order chi connectivity index (χ1) is 9.36. The van der Waals surface area contributed by atoms with Crippen LogP contribution in [0.4, 0.5) is 0 Å². The minimum atomic E-state index is 0.781. The molecule has 0 saturated heterocycles. The lowest BCUT2D eigenvalue weighted by molar-refractivity contribution is 0.357. The van der Waals surface area contributed by atoms with E-state index in [4.69, 9.17) is 9.15 Å². The zero-order valence-corrected chi connectivity index (χ0v) is 11.1. The topological polar surface area (TPSA) is 47.3 Å². The zero-order valence-electron chi connectivity index (χ0n) is 11.1. The summed E-state index contributed by atoms with van der Waals surface area (Å²) in [5, 5.41) is 3.26. The van der Waals surface area contributed by atoms with Crippen molar-refractivity contribution < 1.29 is 9.15 Å². The molecule has 0 unspecified atom stereocenters. The number of ether oxygens (including phenoxy) is 1. The average molecular weight is 258 g/mol. The van der Waals surface area contributed by atoms with E-state index in [1.54, 1.807) is 6.20 Å². The predicted molar refractivity (Wildman–Crippen MR) is 73.4 cm³/mol. The van der Waals surface area contributed by atoms with Gasteiger partial charge in [0.05, 0.1) is 12.8 Å². The molecule has 4 nitrogen and oxygen atoms in total. The Morgan fingerprint density at radius 3 is 3.21 bits per heavy atom. The van der Waals surface area contributed by atoms with Crippen LogP contribution in [0.3, 0.4) is 0 Å². The van der Waals surface area contributed by atoms with Gasteiger partial charge in [-0.05, 0) is 30.3 Å². The predicted octanol–water partition coefficient (Wildman–Crippen LogP) is 2.43. The first-order valence-electron chi connectivity index (χ1n) is 6.78. The van der Waals surface area contributed by atoms with Gasteiger partial charge in [0.2, 0.25) is 0 Å². The molecule has 0 fully saturated rings. The molecule has 0 radical (unpaired) electrons. The van der Waals surface area contributed by atoms with Crippen molar-refractivity contribution in [2.45, 2.75) is 19.8 Å². The van der Waals surface area contributed by atoms with Gasteiger partial charge in [-0.1, -0.05) is 6.92 Å². The molecule has 100 valence electrons. The molecule has 1 N–H and O–H groups in total. The van der Waals surface area contributed by atoms with Crippen LogP contribution < -0.4 is 10.1 Å². The van der Waals surface area contributed by atoms with Crippen molar-refractivity contribution in [3.05, 3.63) is 35.9 Å². The second-order valence-electron chi connectivity index (χ2n) is 4.64.